The summed E-state index contributed by atoms with van der Waals surface area (Å²) in [5.74, 6) is 1.11. The van der Waals surface area contributed by atoms with Crippen molar-refractivity contribution in [2.24, 2.45) is 5.92 Å². The van der Waals surface area contributed by atoms with E-state index in [2.05, 4.69) is 38.1 Å². The first kappa shape index (κ1) is 15.2. The lowest BCUT2D eigenvalue weighted by molar-refractivity contribution is 0.0529. The van der Waals surface area contributed by atoms with Gasteiger partial charge in [-0.1, -0.05) is 50.6 Å². The van der Waals surface area contributed by atoms with E-state index >= 15 is 0 Å². The molecule has 0 aliphatic rings. The Morgan fingerprint density at radius 1 is 1.17 bits per heavy atom. The summed E-state index contributed by atoms with van der Waals surface area (Å²) in [4.78, 5) is 0. The maximum atomic E-state index is 9.94. The van der Waals surface area contributed by atoms with Crippen LogP contribution >= 0.6 is 0 Å². The second kappa shape index (κ2) is 8.28. The van der Waals surface area contributed by atoms with E-state index in [9.17, 15) is 5.11 Å². The first-order valence-electron chi connectivity index (χ1n) is 6.89. The minimum atomic E-state index is -0.371. The van der Waals surface area contributed by atoms with Crippen molar-refractivity contribution >= 4 is 0 Å². The summed E-state index contributed by atoms with van der Waals surface area (Å²) in [5.41, 5.74) is 1.33. The molecule has 1 N–H and O–H groups in total. The van der Waals surface area contributed by atoms with E-state index in [1.54, 1.807) is 7.11 Å². The van der Waals surface area contributed by atoms with Gasteiger partial charge in [0.15, 0.2) is 0 Å². The first-order chi connectivity index (χ1) is 8.67. The van der Waals surface area contributed by atoms with Crippen LogP contribution in [0.15, 0.2) is 30.3 Å². The summed E-state index contributed by atoms with van der Waals surface area (Å²) < 4.78 is 5.02. The average Bonchev–Trinajstić information content (AvgIpc) is 2.39. The van der Waals surface area contributed by atoms with Gasteiger partial charge in [-0.3, -0.25) is 0 Å². The van der Waals surface area contributed by atoms with E-state index in [0.29, 0.717) is 18.4 Å². The van der Waals surface area contributed by atoms with Crippen LogP contribution in [0.1, 0.15) is 44.6 Å². The molecule has 2 nitrogen and oxygen atoms in total. The molecular formula is C16H26O2. The Labute approximate surface area is 111 Å². The highest BCUT2D eigenvalue weighted by Gasteiger charge is 2.18. The normalized spacial score (nSPS) is 16.2. The highest BCUT2D eigenvalue weighted by Crippen LogP contribution is 2.29. The number of aliphatic hydroxyl groups is 1. The predicted molar refractivity (Wildman–Crippen MR) is 75.8 cm³/mol. The number of ether oxygens (including phenoxy) is 1. The van der Waals surface area contributed by atoms with Crippen molar-refractivity contribution < 1.29 is 9.84 Å². The summed E-state index contributed by atoms with van der Waals surface area (Å²) in [7, 11) is 1.63. The van der Waals surface area contributed by atoms with Crippen molar-refractivity contribution in [3.63, 3.8) is 0 Å². The molecule has 102 valence electrons. The van der Waals surface area contributed by atoms with Crippen LogP contribution < -0.4 is 0 Å². The summed E-state index contributed by atoms with van der Waals surface area (Å²) in [6.45, 7) is 4.92. The van der Waals surface area contributed by atoms with E-state index in [1.807, 2.05) is 6.07 Å². The third-order valence-corrected chi connectivity index (χ3v) is 3.57. The third kappa shape index (κ3) is 5.19. The van der Waals surface area contributed by atoms with Gasteiger partial charge in [0.25, 0.3) is 0 Å². The molecule has 0 radical (unpaired) electrons. The van der Waals surface area contributed by atoms with Crippen LogP contribution in [-0.4, -0.2) is 24.9 Å². The van der Waals surface area contributed by atoms with Gasteiger partial charge < -0.3 is 9.84 Å². The number of aliphatic hydroxyl groups excluding tert-OH is 1. The van der Waals surface area contributed by atoms with Crippen molar-refractivity contribution in [1.29, 1.82) is 0 Å². The summed E-state index contributed by atoms with van der Waals surface area (Å²) in [5, 5.41) is 9.94. The maximum absolute atomic E-state index is 9.94. The topological polar surface area (TPSA) is 29.5 Å². The highest BCUT2D eigenvalue weighted by molar-refractivity contribution is 5.19. The van der Waals surface area contributed by atoms with E-state index in [-0.39, 0.29) is 6.10 Å². The Morgan fingerprint density at radius 3 is 2.39 bits per heavy atom. The molecule has 0 saturated carbocycles. The van der Waals surface area contributed by atoms with Gasteiger partial charge in [0, 0.05) is 7.11 Å². The fourth-order valence-electron chi connectivity index (χ4n) is 2.33. The van der Waals surface area contributed by atoms with Gasteiger partial charge in [-0.05, 0) is 30.2 Å². The second-order valence-corrected chi connectivity index (χ2v) is 5.20. The summed E-state index contributed by atoms with van der Waals surface area (Å²) in [6.07, 6.45) is 2.72. The second-order valence-electron chi connectivity index (χ2n) is 5.20. The Hall–Kier alpha value is -0.860. The van der Waals surface area contributed by atoms with E-state index < -0.39 is 0 Å². The number of hydrogen-bond donors (Lipinski definition) is 1. The molecule has 0 spiro atoms. The molecule has 0 aliphatic carbocycles. The van der Waals surface area contributed by atoms with E-state index in [4.69, 9.17) is 4.74 Å². The van der Waals surface area contributed by atoms with Crippen LogP contribution in [-0.2, 0) is 4.74 Å². The Morgan fingerprint density at radius 2 is 1.83 bits per heavy atom. The Bertz CT molecular complexity index is 310. The molecule has 1 aromatic carbocycles. The van der Waals surface area contributed by atoms with Crippen LogP contribution in [0.5, 0.6) is 0 Å². The lowest BCUT2D eigenvalue weighted by Crippen LogP contribution is -2.19. The number of rotatable bonds is 8. The quantitative estimate of drug-likeness (QED) is 0.764. The van der Waals surface area contributed by atoms with Gasteiger partial charge in [-0.2, -0.15) is 0 Å². The third-order valence-electron chi connectivity index (χ3n) is 3.57. The van der Waals surface area contributed by atoms with Gasteiger partial charge in [-0.25, -0.2) is 0 Å². The molecule has 0 aliphatic heterocycles. The lowest BCUT2D eigenvalue weighted by atomic mass is 9.85. The minimum absolute atomic E-state index is 0.371. The first-order valence-corrected chi connectivity index (χ1v) is 6.89. The number of hydrogen-bond acceptors (Lipinski definition) is 2. The molecule has 0 fully saturated rings. The molecular weight excluding hydrogens is 224 g/mol. The number of methoxy groups -OCH3 is 1. The van der Waals surface area contributed by atoms with Gasteiger partial charge in [0.1, 0.15) is 0 Å². The zero-order valence-corrected chi connectivity index (χ0v) is 11.8. The molecule has 18 heavy (non-hydrogen) atoms. The zero-order chi connectivity index (χ0) is 13.4. The van der Waals surface area contributed by atoms with Crippen molar-refractivity contribution in [3.8, 4) is 0 Å². The summed E-state index contributed by atoms with van der Waals surface area (Å²) in [6, 6.07) is 10.5. The van der Waals surface area contributed by atoms with Gasteiger partial charge in [-0.15, -0.1) is 0 Å². The monoisotopic (exact) mass is 250 g/mol. The molecule has 3 unspecified atom stereocenters. The average molecular weight is 250 g/mol. The van der Waals surface area contributed by atoms with Crippen LogP contribution in [0.25, 0.3) is 0 Å². The number of benzene rings is 1. The maximum Gasteiger partial charge on any atom is 0.0779 e. The lowest BCUT2D eigenvalue weighted by Gasteiger charge is -2.23. The van der Waals surface area contributed by atoms with E-state index in [0.717, 1.165) is 12.8 Å². The fourth-order valence-corrected chi connectivity index (χ4v) is 2.33. The summed E-state index contributed by atoms with van der Waals surface area (Å²) >= 11 is 0. The van der Waals surface area contributed by atoms with E-state index in [1.165, 1.54) is 12.0 Å². The molecule has 1 aromatic rings. The van der Waals surface area contributed by atoms with Crippen LogP contribution in [0, 0.1) is 5.92 Å². The van der Waals surface area contributed by atoms with Crippen molar-refractivity contribution in [3.05, 3.63) is 35.9 Å². The predicted octanol–water partition coefficient (Wildman–Crippen LogP) is 3.60. The van der Waals surface area contributed by atoms with Crippen molar-refractivity contribution in [2.75, 3.05) is 13.7 Å². The Kier molecular flexibility index (Phi) is 6.99. The molecule has 2 heteroatoms. The molecule has 0 aromatic heterocycles. The van der Waals surface area contributed by atoms with Crippen LogP contribution in [0.3, 0.4) is 0 Å². The van der Waals surface area contributed by atoms with Gasteiger partial charge in [0.2, 0.25) is 0 Å². The molecule has 0 bridgehead atoms. The van der Waals surface area contributed by atoms with Gasteiger partial charge in [0.05, 0.1) is 12.7 Å². The van der Waals surface area contributed by atoms with Crippen molar-refractivity contribution in [1.82, 2.24) is 0 Å². The van der Waals surface area contributed by atoms with Gasteiger partial charge >= 0.3 is 0 Å². The minimum Gasteiger partial charge on any atom is -0.391 e. The molecule has 0 amide bonds. The Balaban J connectivity index is 2.69. The van der Waals surface area contributed by atoms with Crippen molar-refractivity contribution in [2.45, 2.75) is 45.1 Å². The SMILES string of the molecule is CCC(C)CC(CC(O)COC)c1ccccc1. The molecule has 3 atom stereocenters. The van der Waals surface area contributed by atoms with Crippen LogP contribution in [0.4, 0.5) is 0 Å². The highest BCUT2D eigenvalue weighted by atomic mass is 16.5. The van der Waals surface area contributed by atoms with Crippen LogP contribution in [0.2, 0.25) is 0 Å². The smallest absolute Gasteiger partial charge is 0.0779 e. The zero-order valence-electron chi connectivity index (χ0n) is 11.8. The largest absolute Gasteiger partial charge is 0.391 e. The molecule has 1 rings (SSSR count). The molecule has 0 saturated heterocycles. The molecule has 0 heterocycles. The standard InChI is InChI=1S/C16H26O2/c1-4-13(2)10-15(11-16(17)12-18-3)14-8-6-5-7-9-14/h5-9,13,15-17H,4,10-12H2,1-3H3. The fraction of sp³-hybridized carbons (Fsp3) is 0.625.